The number of fused-ring (bicyclic) bond motifs is 1. The molecule has 10 nitrogen and oxygen atoms in total. The molecule has 6 rings (SSSR count). The third kappa shape index (κ3) is 7.59. The molecule has 2 aliphatic carbocycles. The van der Waals surface area contributed by atoms with Crippen LogP contribution in [0.3, 0.4) is 0 Å². The molecule has 4 fully saturated rings. The largest absolute Gasteiger partial charge is 0.503 e. The molecular formula is C31H43N5O5. The van der Waals surface area contributed by atoms with Crippen molar-refractivity contribution < 1.29 is 24.5 Å². The minimum Gasteiger partial charge on any atom is -0.450 e. The van der Waals surface area contributed by atoms with Crippen molar-refractivity contribution in [3.05, 3.63) is 48.2 Å². The van der Waals surface area contributed by atoms with E-state index in [9.17, 15) is 4.79 Å². The van der Waals surface area contributed by atoms with Crippen LogP contribution in [0.5, 0.6) is 0 Å². The van der Waals surface area contributed by atoms with E-state index in [4.69, 9.17) is 24.7 Å². The predicted molar refractivity (Wildman–Crippen MR) is 156 cm³/mol. The summed E-state index contributed by atoms with van der Waals surface area (Å²) in [4.78, 5) is 35.4. The van der Waals surface area contributed by atoms with E-state index in [-0.39, 0.29) is 24.3 Å². The summed E-state index contributed by atoms with van der Waals surface area (Å²) in [5.74, 6) is 3.00. The molecule has 222 valence electrons. The van der Waals surface area contributed by atoms with Crippen LogP contribution in [-0.2, 0) is 11.3 Å². The van der Waals surface area contributed by atoms with Gasteiger partial charge in [-0.2, -0.15) is 4.98 Å². The van der Waals surface area contributed by atoms with Crippen molar-refractivity contribution in [1.29, 1.82) is 0 Å². The van der Waals surface area contributed by atoms with Crippen molar-refractivity contribution in [3.63, 3.8) is 0 Å². The first kappa shape index (κ1) is 29.0. The number of nitrogens with zero attached hydrogens (tertiary/aromatic N) is 4. The quantitative estimate of drug-likeness (QED) is 0.357. The fourth-order valence-corrected chi connectivity index (χ4v) is 7.30. The van der Waals surface area contributed by atoms with Gasteiger partial charge in [-0.1, -0.05) is 68.9 Å². The van der Waals surface area contributed by atoms with Crippen molar-refractivity contribution in [3.8, 4) is 0 Å². The fraction of sp³-hybridized carbons (Fsp3) is 0.613. The third-order valence-corrected chi connectivity index (χ3v) is 9.20. The molecule has 0 radical (unpaired) electrons. The highest BCUT2D eigenvalue weighted by Gasteiger charge is 2.50. The lowest BCUT2D eigenvalue weighted by Crippen LogP contribution is -2.51. The van der Waals surface area contributed by atoms with Crippen LogP contribution >= 0.6 is 0 Å². The summed E-state index contributed by atoms with van der Waals surface area (Å²) < 4.78 is 6.12. The van der Waals surface area contributed by atoms with Crippen molar-refractivity contribution in [2.75, 3.05) is 23.3 Å². The van der Waals surface area contributed by atoms with Gasteiger partial charge in [0.1, 0.15) is 11.9 Å². The Labute approximate surface area is 242 Å². The van der Waals surface area contributed by atoms with Gasteiger partial charge in [-0.3, -0.25) is 4.90 Å². The lowest BCUT2D eigenvalue weighted by molar-refractivity contribution is 0.0478. The zero-order valence-corrected chi connectivity index (χ0v) is 23.7. The van der Waals surface area contributed by atoms with E-state index in [2.05, 4.69) is 32.2 Å². The Balaban J connectivity index is 0.000000794. The molecule has 3 unspecified atom stereocenters. The Kier molecular flexibility index (Phi) is 9.80. The number of nitrogens with one attached hydrogen (secondary N) is 1. The summed E-state index contributed by atoms with van der Waals surface area (Å²) in [6.07, 6.45) is 13.7. The van der Waals surface area contributed by atoms with Crippen molar-refractivity contribution >= 4 is 24.0 Å². The molecular weight excluding hydrogens is 522 g/mol. The second-order valence-electron chi connectivity index (χ2n) is 11.8. The molecule has 0 bridgehead atoms. The molecule has 3 N–H and O–H groups in total. The van der Waals surface area contributed by atoms with Crippen LogP contribution in [0.1, 0.15) is 76.2 Å². The number of carbonyl (C=O) groups excluding carboxylic acids is 1. The third-order valence-electron chi connectivity index (χ3n) is 9.20. The van der Waals surface area contributed by atoms with Gasteiger partial charge in [-0.25, -0.2) is 14.6 Å². The zero-order chi connectivity index (χ0) is 28.6. The highest BCUT2D eigenvalue weighted by molar-refractivity contribution is 5.71. The Hall–Kier alpha value is -3.56. The topological polar surface area (TPSA) is 128 Å². The number of aromatic nitrogens is 2. The lowest BCUT2D eigenvalue weighted by atomic mass is 9.74. The van der Waals surface area contributed by atoms with Crippen LogP contribution in [0, 0.1) is 11.8 Å². The van der Waals surface area contributed by atoms with Gasteiger partial charge in [0.05, 0.1) is 6.04 Å². The molecule has 2 saturated carbocycles. The van der Waals surface area contributed by atoms with Crippen LogP contribution in [-0.4, -0.2) is 68.6 Å². The van der Waals surface area contributed by atoms with Gasteiger partial charge < -0.3 is 25.2 Å². The minimum absolute atomic E-state index is 0.0570. The molecule has 41 heavy (non-hydrogen) atoms. The average Bonchev–Trinajstić information content (AvgIpc) is 3.34. The van der Waals surface area contributed by atoms with Gasteiger partial charge in [0.15, 0.2) is 0 Å². The van der Waals surface area contributed by atoms with Gasteiger partial charge in [0, 0.05) is 31.9 Å². The number of rotatable bonds is 7. The van der Waals surface area contributed by atoms with Crippen LogP contribution in [0.2, 0.25) is 0 Å². The lowest BCUT2D eigenvalue weighted by Gasteiger charge is -2.41. The number of ether oxygens (including phenoxy) is 1. The molecule has 4 aliphatic rings. The van der Waals surface area contributed by atoms with E-state index in [1.54, 1.807) is 0 Å². The van der Waals surface area contributed by atoms with Gasteiger partial charge in [0.2, 0.25) is 5.95 Å². The predicted octanol–water partition coefficient (Wildman–Crippen LogP) is 6.24. The molecule has 2 saturated heterocycles. The molecule has 10 heteroatoms. The van der Waals surface area contributed by atoms with Crippen molar-refractivity contribution in [1.82, 2.24) is 14.9 Å². The van der Waals surface area contributed by atoms with E-state index >= 15 is 0 Å². The maximum absolute atomic E-state index is 13.1. The number of carbonyl (C=O) groups is 2. The number of amides is 1. The summed E-state index contributed by atoms with van der Waals surface area (Å²) in [5.41, 5.74) is 1.21. The Morgan fingerprint density at radius 2 is 1.68 bits per heavy atom. The molecule has 2 aliphatic heterocycles. The number of hydrogen-bond acceptors (Lipinski definition) is 7. The number of piperidine rings is 1. The van der Waals surface area contributed by atoms with E-state index in [1.165, 1.54) is 56.9 Å². The molecule has 1 amide bonds. The second-order valence-corrected chi connectivity index (χ2v) is 11.8. The Morgan fingerprint density at radius 1 is 0.951 bits per heavy atom. The van der Waals surface area contributed by atoms with Crippen LogP contribution < -0.4 is 10.2 Å². The van der Waals surface area contributed by atoms with Gasteiger partial charge in [-0.15, -0.1) is 0 Å². The number of anilines is 2. The summed E-state index contributed by atoms with van der Waals surface area (Å²) >= 11 is 0. The van der Waals surface area contributed by atoms with Crippen molar-refractivity contribution in [2.45, 2.75) is 95.4 Å². The van der Waals surface area contributed by atoms with E-state index < -0.39 is 6.16 Å². The zero-order valence-electron chi connectivity index (χ0n) is 23.7. The van der Waals surface area contributed by atoms with E-state index in [0.29, 0.717) is 18.4 Å². The minimum atomic E-state index is -1.83. The highest BCUT2D eigenvalue weighted by atomic mass is 16.6. The Morgan fingerprint density at radius 3 is 2.41 bits per heavy atom. The Bertz CT molecular complexity index is 1130. The van der Waals surface area contributed by atoms with Crippen LogP contribution in [0.15, 0.2) is 42.6 Å². The monoisotopic (exact) mass is 565 g/mol. The molecule has 3 atom stereocenters. The summed E-state index contributed by atoms with van der Waals surface area (Å²) in [7, 11) is 0. The standard InChI is InChI=1S/C30H41N5O2.CH2O3/c36-30-35(26-13-7-12-24(28(26)37-30)20-22-8-3-1-4-9-22)25-15-18-34(19-16-25)27-14-17-31-29(33-27)32-21-23-10-5-2-6-11-23;2-1(3)4/h2,5-6,10-11,14,17,22,24-26,28H,1,3-4,7-9,12-13,15-16,18-21H2,(H,31,32,33);(H2,2,3,4). The van der Waals surface area contributed by atoms with Crippen molar-refractivity contribution in [2.24, 2.45) is 11.8 Å². The molecule has 0 spiro atoms. The normalized spacial score (nSPS) is 25.1. The molecule has 2 aromatic rings. The molecule has 1 aromatic carbocycles. The maximum atomic E-state index is 13.1. The average molecular weight is 566 g/mol. The first-order valence-corrected chi connectivity index (χ1v) is 15.2. The summed E-state index contributed by atoms with van der Waals surface area (Å²) in [6.45, 7) is 2.49. The summed E-state index contributed by atoms with van der Waals surface area (Å²) in [5, 5.41) is 17.3. The first-order valence-electron chi connectivity index (χ1n) is 15.2. The second kappa shape index (κ2) is 13.9. The van der Waals surface area contributed by atoms with E-state index in [0.717, 1.165) is 44.1 Å². The number of hydrogen-bond donors (Lipinski definition) is 3. The number of benzene rings is 1. The maximum Gasteiger partial charge on any atom is 0.503 e. The van der Waals surface area contributed by atoms with Crippen LogP contribution in [0.25, 0.3) is 0 Å². The van der Waals surface area contributed by atoms with Gasteiger partial charge in [-0.05, 0) is 55.6 Å². The van der Waals surface area contributed by atoms with Gasteiger partial charge in [0.25, 0.3) is 0 Å². The molecule has 3 heterocycles. The summed E-state index contributed by atoms with van der Waals surface area (Å²) in [6, 6.07) is 12.8. The SMILES string of the molecule is O=C(O)O.O=C1OC2C(CC3CCCCC3)CCCC2N1C1CCN(c2ccnc(NCc3ccccc3)n2)CC1. The number of carboxylic acid groups (broad SMARTS) is 2. The van der Waals surface area contributed by atoms with Gasteiger partial charge >= 0.3 is 12.2 Å². The molecule has 1 aromatic heterocycles. The highest BCUT2D eigenvalue weighted by Crippen LogP contribution is 2.42. The fourth-order valence-electron chi connectivity index (χ4n) is 7.30. The van der Waals surface area contributed by atoms with Crippen LogP contribution in [0.4, 0.5) is 21.4 Å². The van der Waals surface area contributed by atoms with E-state index in [1.807, 2.05) is 30.5 Å². The first-order chi connectivity index (χ1) is 20.0. The smallest absolute Gasteiger partial charge is 0.450 e.